The van der Waals surface area contributed by atoms with Crippen LogP contribution in [0.2, 0.25) is 0 Å². The number of aryl methyl sites for hydroxylation is 1. The highest BCUT2D eigenvalue weighted by Crippen LogP contribution is 2.41. The van der Waals surface area contributed by atoms with Gasteiger partial charge in [-0.05, 0) is 31.5 Å². The molecule has 0 aliphatic carbocycles. The summed E-state index contributed by atoms with van der Waals surface area (Å²) in [7, 11) is 0. The highest BCUT2D eigenvalue weighted by atomic mass is 32.2. The molecule has 0 bridgehead atoms. The average Bonchev–Trinajstić information content (AvgIpc) is 2.90. The fourth-order valence-electron chi connectivity index (χ4n) is 2.49. The van der Waals surface area contributed by atoms with Crippen molar-refractivity contribution in [2.24, 2.45) is 0 Å². The first-order valence-electron chi connectivity index (χ1n) is 7.40. The molecule has 0 unspecified atom stereocenters. The zero-order valence-electron chi connectivity index (χ0n) is 13.0. The van der Waals surface area contributed by atoms with Gasteiger partial charge in [-0.3, -0.25) is 4.39 Å². The van der Waals surface area contributed by atoms with Crippen molar-refractivity contribution in [3.8, 4) is 16.9 Å². The molecule has 0 spiro atoms. The van der Waals surface area contributed by atoms with Crippen molar-refractivity contribution in [3.05, 3.63) is 35.5 Å². The van der Waals surface area contributed by atoms with Gasteiger partial charge >= 0.3 is 0 Å². The van der Waals surface area contributed by atoms with Gasteiger partial charge in [-0.15, -0.1) is 23.1 Å². The topological polar surface area (TPSA) is 35.0 Å². The predicted molar refractivity (Wildman–Crippen MR) is 95.5 cm³/mol. The molecule has 0 saturated carbocycles. The summed E-state index contributed by atoms with van der Waals surface area (Å²) in [5.41, 5.74) is 2.24. The lowest BCUT2D eigenvalue weighted by Gasteiger charge is -2.07. The van der Waals surface area contributed by atoms with Crippen LogP contribution >= 0.6 is 23.1 Å². The van der Waals surface area contributed by atoms with Gasteiger partial charge in [-0.1, -0.05) is 12.1 Å². The Bertz CT molecular complexity index is 802. The van der Waals surface area contributed by atoms with E-state index < -0.39 is 0 Å². The molecule has 0 amide bonds. The minimum atomic E-state index is -0.363. The Morgan fingerprint density at radius 1 is 1.22 bits per heavy atom. The first-order chi connectivity index (χ1) is 11.2. The third-order valence-electron chi connectivity index (χ3n) is 3.40. The zero-order valence-corrected chi connectivity index (χ0v) is 14.6. The highest BCUT2D eigenvalue weighted by Gasteiger charge is 2.17. The van der Waals surface area contributed by atoms with Gasteiger partial charge in [0.1, 0.15) is 21.9 Å². The maximum absolute atomic E-state index is 12.5. The molecule has 3 nitrogen and oxygen atoms in total. The molecule has 0 N–H and O–H groups in total. The summed E-state index contributed by atoms with van der Waals surface area (Å²) >= 11 is 3.09. The molecular formula is C17H17FN2OS2. The van der Waals surface area contributed by atoms with E-state index in [1.165, 1.54) is 16.6 Å². The Hall–Kier alpha value is -1.66. The average molecular weight is 348 g/mol. The SMILES string of the molecule is CCOc1ccc(-c2c(C)sc3ncnc(SCCF)c23)cc1. The predicted octanol–water partition coefficient (Wildman–Crippen LogP) is 5.13. The molecule has 0 fully saturated rings. The molecule has 0 aliphatic rings. The van der Waals surface area contributed by atoms with E-state index in [1.54, 1.807) is 17.7 Å². The van der Waals surface area contributed by atoms with Crippen molar-refractivity contribution in [1.82, 2.24) is 9.97 Å². The number of thioether (sulfide) groups is 1. The maximum atomic E-state index is 12.5. The molecule has 120 valence electrons. The Morgan fingerprint density at radius 2 is 2.00 bits per heavy atom. The second-order valence-electron chi connectivity index (χ2n) is 4.89. The monoisotopic (exact) mass is 348 g/mol. The van der Waals surface area contributed by atoms with Crippen LogP contribution in [0.3, 0.4) is 0 Å². The molecule has 0 aliphatic heterocycles. The summed E-state index contributed by atoms with van der Waals surface area (Å²) in [4.78, 5) is 10.9. The summed E-state index contributed by atoms with van der Waals surface area (Å²) in [6.45, 7) is 4.34. The van der Waals surface area contributed by atoms with E-state index >= 15 is 0 Å². The van der Waals surface area contributed by atoms with Crippen LogP contribution in [0.5, 0.6) is 5.75 Å². The molecular weight excluding hydrogens is 331 g/mol. The number of fused-ring (bicyclic) bond motifs is 1. The molecule has 3 aromatic rings. The van der Waals surface area contributed by atoms with Gasteiger partial charge in [0.15, 0.2) is 0 Å². The van der Waals surface area contributed by atoms with Gasteiger partial charge in [0, 0.05) is 16.2 Å². The van der Waals surface area contributed by atoms with Crippen molar-refractivity contribution in [2.45, 2.75) is 18.9 Å². The maximum Gasteiger partial charge on any atom is 0.128 e. The minimum absolute atomic E-state index is 0.363. The van der Waals surface area contributed by atoms with Crippen molar-refractivity contribution < 1.29 is 9.13 Å². The molecule has 2 heterocycles. The number of rotatable bonds is 6. The van der Waals surface area contributed by atoms with Crippen LogP contribution in [-0.2, 0) is 0 Å². The number of hydrogen-bond donors (Lipinski definition) is 0. The molecule has 23 heavy (non-hydrogen) atoms. The summed E-state index contributed by atoms with van der Waals surface area (Å²) < 4.78 is 18.1. The van der Waals surface area contributed by atoms with Crippen LogP contribution in [0.25, 0.3) is 21.3 Å². The van der Waals surface area contributed by atoms with Crippen LogP contribution in [0.4, 0.5) is 4.39 Å². The van der Waals surface area contributed by atoms with E-state index in [-0.39, 0.29) is 6.67 Å². The lowest BCUT2D eigenvalue weighted by atomic mass is 10.0. The van der Waals surface area contributed by atoms with Gasteiger partial charge in [0.2, 0.25) is 0 Å². The van der Waals surface area contributed by atoms with E-state index in [9.17, 15) is 4.39 Å². The number of benzene rings is 1. The van der Waals surface area contributed by atoms with E-state index in [1.807, 2.05) is 19.1 Å². The smallest absolute Gasteiger partial charge is 0.128 e. The standard InChI is InChI=1S/C17H17FN2OS2/c1-3-21-13-6-4-12(5-7-13)14-11(2)23-17-15(14)16(19-10-20-17)22-9-8-18/h4-7,10H,3,8-9H2,1-2H3. The van der Waals surface area contributed by atoms with Gasteiger partial charge in [0.05, 0.1) is 18.7 Å². The van der Waals surface area contributed by atoms with Gasteiger partial charge in [-0.25, -0.2) is 9.97 Å². The summed E-state index contributed by atoms with van der Waals surface area (Å²) in [5, 5.41) is 1.87. The molecule has 0 saturated heterocycles. The quantitative estimate of drug-likeness (QED) is 0.457. The Morgan fingerprint density at radius 3 is 2.70 bits per heavy atom. The Kier molecular flexibility index (Phi) is 5.13. The molecule has 2 aromatic heterocycles. The van der Waals surface area contributed by atoms with Gasteiger partial charge < -0.3 is 4.74 Å². The van der Waals surface area contributed by atoms with Crippen LogP contribution < -0.4 is 4.74 Å². The molecule has 3 rings (SSSR count). The number of nitrogens with zero attached hydrogens (tertiary/aromatic N) is 2. The second-order valence-corrected chi connectivity index (χ2v) is 7.17. The van der Waals surface area contributed by atoms with Gasteiger partial charge in [-0.2, -0.15) is 0 Å². The molecule has 6 heteroatoms. The summed E-state index contributed by atoms with van der Waals surface area (Å²) in [6.07, 6.45) is 1.56. The lowest BCUT2D eigenvalue weighted by Crippen LogP contribution is -1.91. The van der Waals surface area contributed by atoms with Gasteiger partial charge in [0.25, 0.3) is 0 Å². The van der Waals surface area contributed by atoms with Crippen LogP contribution in [0, 0.1) is 6.92 Å². The minimum Gasteiger partial charge on any atom is -0.494 e. The number of halogens is 1. The number of hydrogen-bond acceptors (Lipinski definition) is 5. The third-order valence-corrected chi connectivity index (χ3v) is 5.35. The van der Waals surface area contributed by atoms with Crippen molar-refractivity contribution >= 4 is 33.3 Å². The normalized spacial score (nSPS) is 11.1. The fraction of sp³-hybridized carbons (Fsp3) is 0.294. The van der Waals surface area contributed by atoms with Crippen molar-refractivity contribution in [1.29, 1.82) is 0 Å². The van der Waals surface area contributed by atoms with Crippen LogP contribution in [0.1, 0.15) is 11.8 Å². The Labute approximate surface area is 142 Å². The lowest BCUT2D eigenvalue weighted by molar-refractivity contribution is 0.340. The van der Waals surface area contributed by atoms with Crippen LogP contribution in [0.15, 0.2) is 35.6 Å². The van der Waals surface area contributed by atoms with E-state index in [4.69, 9.17) is 4.74 Å². The van der Waals surface area contributed by atoms with Crippen LogP contribution in [-0.4, -0.2) is 29.0 Å². The number of aromatic nitrogens is 2. The Balaban J connectivity index is 2.10. The van der Waals surface area contributed by atoms with E-state index in [0.29, 0.717) is 12.4 Å². The summed E-state index contributed by atoms with van der Waals surface area (Å²) in [5.74, 6) is 1.26. The first kappa shape index (κ1) is 16.2. The number of alkyl halides is 1. The number of thiophene rings is 1. The first-order valence-corrected chi connectivity index (χ1v) is 9.21. The molecule has 0 atom stereocenters. The number of ether oxygens (including phenoxy) is 1. The third kappa shape index (κ3) is 3.33. The largest absolute Gasteiger partial charge is 0.494 e. The second kappa shape index (κ2) is 7.27. The van der Waals surface area contributed by atoms with Crippen molar-refractivity contribution in [3.63, 3.8) is 0 Å². The van der Waals surface area contributed by atoms with E-state index in [0.717, 1.165) is 32.1 Å². The molecule has 1 aromatic carbocycles. The zero-order chi connectivity index (χ0) is 16.2. The van der Waals surface area contributed by atoms with E-state index in [2.05, 4.69) is 29.0 Å². The summed E-state index contributed by atoms with van der Waals surface area (Å²) in [6, 6.07) is 8.05. The molecule has 0 radical (unpaired) electrons. The van der Waals surface area contributed by atoms with Crippen molar-refractivity contribution in [2.75, 3.05) is 19.0 Å². The highest BCUT2D eigenvalue weighted by molar-refractivity contribution is 7.99. The fourth-order valence-corrected chi connectivity index (χ4v) is 4.31.